The maximum absolute atomic E-state index is 12.4. The van der Waals surface area contributed by atoms with E-state index in [1.807, 2.05) is 0 Å². The van der Waals surface area contributed by atoms with Gasteiger partial charge in [-0.2, -0.15) is 13.2 Å². The van der Waals surface area contributed by atoms with E-state index in [9.17, 15) is 13.2 Å². The molecule has 0 radical (unpaired) electrons. The van der Waals surface area contributed by atoms with Crippen LogP contribution in [0.4, 0.5) is 13.2 Å². The highest BCUT2D eigenvalue weighted by molar-refractivity contribution is 9.09. The molecule has 0 amide bonds. The summed E-state index contributed by atoms with van der Waals surface area (Å²) in [5.74, 6) is 0.0983. The highest BCUT2D eigenvalue weighted by Crippen LogP contribution is 2.31. The third-order valence-electron chi connectivity index (χ3n) is 1.88. The average Bonchev–Trinajstić information content (AvgIpc) is 2.34. The highest BCUT2D eigenvalue weighted by atomic mass is 79.9. The fourth-order valence-corrected chi connectivity index (χ4v) is 1.35. The standard InChI is InChI=1S/C11H11BrF3NO2/c1-17-16-9(6-12)7-18-10-4-2-3-8(5-10)11(13,14)15/h2-5,7,16H,6H2,1H3. The zero-order valence-electron chi connectivity index (χ0n) is 9.42. The number of halogens is 4. The van der Waals surface area contributed by atoms with Gasteiger partial charge >= 0.3 is 6.18 Å². The Labute approximate surface area is 111 Å². The molecule has 0 aliphatic rings. The number of benzene rings is 1. The smallest absolute Gasteiger partial charge is 0.416 e. The summed E-state index contributed by atoms with van der Waals surface area (Å²) >= 11 is 3.17. The molecule has 0 heterocycles. The van der Waals surface area contributed by atoms with Crippen LogP contribution in [-0.2, 0) is 11.0 Å². The second-order valence-electron chi connectivity index (χ2n) is 3.23. The van der Waals surface area contributed by atoms with E-state index in [2.05, 4.69) is 26.2 Å². The van der Waals surface area contributed by atoms with Crippen LogP contribution in [-0.4, -0.2) is 12.4 Å². The number of hydrogen-bond acceptors (Lipinski definition) is 3. The maximum atomic E-state index is 12.4. The van der Waals surface area contributed by atoms with Crippen LogP contribution < -0.4 is 10.2 Å². The molecule has 3 nitrogen and oxygen atoms in total. The minimum atomic E-state index is -4.38. The maximum Gasteiger partial charge on any atom is 0.416 e. The van der Waals surface area contributed by atoms with Crippen molar-refractivity contribution in [2.75, 3.05) is 12.4 Å². The van der Waals surface area contributed by atoms with Gasteiger partial charge in [-0.05, 0) is 18.2 Å². The minimum absolute atomic E-state index is 0.0983. The van der Waals surface area contributed by atoms with E-state index in [4.69, 9.17) is 4.74 Å². The van der Waals surface area contributed by atoms with Gasteiger partial charge in [0.25, 0.3) is 0 Å². The average molecular weight is 326 g/mol. The fourth-order valence-electron chi connectivity index (χ4n) is 1.10. The Kier molecular flexibility index (Phi) is 5.49. The summed E-state index contributed by atoms with van der Waals surface area (Å²) in [5.41, 5.74) is 2.30. The fraction of sp³-hybridized carbons (Fsp3) is 0.273. The van der Waals surface area contributed by atoms with Crippen molar-refractivity contribution < 1.29 is 22.7 Å². The third kappa shape index (κ3) is 4.58. The van der Waals surface area contributed by atoms with E-state index in [1.165, 1.54) is 25.5 Å². The third-order valence-corrected chi connectivity index (χ3v) is 2.48. The van der Waals surface area contributed by atoms with Gasteiger partial charge in [-0.1, -0.05) is 22.0 Å². The first kappa shape index (κ1) is 14.8. The molecule has 18 heavy (non-hydrogen) atoms. The summed E-state index contributed by atoms with van der Waals surface area (Å²) in [7, 11) is 1.42. The van der Waals surface area contributed by atoms with Crippen LogP contribution in [0.1, 0.15) is 5.56 Å². The van der Waals surface area contributed by atoms with Crippen LogP contribution in [0.25, 0.3) is 0 Å². The molecule has 0 bridgehead atoms. The quantitative estimate of drug-likeness (QED) is 0.511. The lowest BCUT2D eigenvalue weighted by Crippen LogP contribution is -2.13. The van der Waals surface area contributed by atoms with Gasteiger partial charge in [-0.3, -0.25) is 10.3 Å². The zero-order chi connectivity index (χ0) is 13.6. The lowest BCUT2D eigenvalue weighted by Gasteiger charge is -2.09. The predicted molar refractivity (Wildman–Crippen MR) is 64.1 cm³/mol. The molecule has 0 atom stereocenters. The zero-order valence-corrected chi connectivity index (χ0v) is 11.0. The van der Waals surface area contributed by atoms with Gasteiger partial charge in [-0.15, -0.1) is 0 Å². The summed E-state index contributed by atoms with van der Waals surface area (Å²) in [5, 5.41) is 0.416. The van der Waals surface area contributed by atoms with Crippen LogP contribution in [0.2, 0.25) is 0 Å². The molecule has 1 N–H and O–H groups in total. The van der Waals surface area contributed by atoms with Gasteiger partial charge in [0, 0.05) is 5.33 Å². The van der Waals surface area contributed by atoms with Crippen LogP contribution >= 0.6 is 15.9 Å². The van der Waals surface area contributed by atoms with Gasteiger partial charge in [-0.25, -0.2) is 0 Å². The van der Waals surface area contributed by atoms with Crippen LogP contribution in [0.3, 0.4) is 0 Å². The molecule has 0 fully saturated rings. The van der Waals surface area contributed by atoms with E-state index in [1.54, 1.807) is 0 Å². The van der Waals surface area contributed by atoms with Gasteiger partial charge in [0.1, 0.15) is 12.0 Å². The first-order chi connectivity index (χ1) is 8.47. The van der Waals surface area contributed by atoms with Gasteiger partial charge in [0.05, 0.1) is 18.4 Å². The largest absolute Gasteiger partial charge is 0.463 e. The molecule has 0 aliphatic carbocycles. The Bertz CT molecular complexity index is 421. The lowest BCUT2D eigenvalue weighted by molar-refractivity contribution is -0.137. The molecule has 0 saturated carbocycles. The minimum Gasteiger partial charge on any atom is -0.463 e. The SMILES string of the molecule is CONC(=COc1cccc(C(F)(F)F)c1)CBr. The molecule has 0 aliphatic heterocycles. The van der Waals surface area contributed by atoms with Gasteiger partial charge in [0.2, 0.25) is 0 Å². The molecule has 1 rings (SSSR count). The van der Waals surface area contributed by atoms with Crippen molar-refractivity contribution >= 4 is 15.9 Å². The van der Waals surface area contributed by atoms with Crippen molar-refractivity contribution in [2.45, 2.75) is 6.18 Å². The second-order valence-corrected chi connectivity index (χ2v) is 3.79. The summed E-state index contributed by atoms with van der Waals surface area (Å²) in [6.07, 6.45) is -3.11. The van der Waals surface area contributed by atoms with Crippen LogP contribution in [0, 0.1) is 0 Å². The number of allylic oxidation sites excluding steroid dienone is 1. The Morgan fingerprint density at radius 3 is 2.72 bits per heavy atom. The van der Waals surface area contributed by atoms with Crippen molar-refractivity contribution in [2.24, 2.45) is 0 Å². The van der Waals surface area contributed by atoms with Crippen molar-refractivity contribution in [1.29, 1.82) is 0 Å². The number of rotatable bonds is 5. The van der Waals surface area contributed by atoms with Crippen molar-refractivity contribution in [3.05, 3.63) is 41.8 Å². The molecule has 0 spiro atoms. The number of nitrogens with one attached hydrogen (secondary N) is 1. The number of alkyl halides is 4. The Balaban J connectivity index is 2.79. The Morgan fingerprint density at radius 2 is 2.17 bits per heavy atom. The summed E-state index contributed by atoms with van der Waals surface area (Å²) in [6.45, 7) is 0. The Morgan fingerprint density at radius 1 is 1.44 bits per heavy atom. The predicted octanol–water partition coefficient (Wildman–Crippen LogP) is 3.47. The molecule has 0 unspecified atom stereocenters. The number of hydrogen-bond donors (Lipinski definition) is 1. The summed E-state index contributed by atoms with van der Waals surface area (Å²) < 4.78 is 42.4. The van der Waals surface area contributed by atoms with Crippen LogP contribution in [0.15, 0.2) is 36.2 Å². The molecular formula is C11H11BrF3NO2. The monoisotopic (exact) mass is 325 g/mol. The number of ether oxygens (including phenoxy) is 1. The molecule has 0 saturated heterocycles. The second kappa shape index (κ2) is 6.65. The van der Waals surface area contributed by atoms with E-state index in [0.717, 1.165) is 12.1 Å². The summed E-state index contributed by atoms with van der Waals surface area (Å²) in [4.78, 5) is 4.65. The molecule has 1 aromatic rings. The molecular weight excluding hydrogens is 315 g/mol. The van der Waals surface area contributed by atoms with E-state index < -0.39 is 11.7 Å². The van der Waals surface area contributed by atoms with E-state index >= 15 is 0 Å². The van der Waals surface area contributed by atoms with Gasteiger partial charge in [0.15, 0.2) is 0 Å². The van der Waals surface area contributed by atoms with Crippen molar-refractivity contribution in [3.8, 4) is 5.75 Å². The lowest BCUT2D eigenvalue weighted by atomic mass is 10.2. The summed E-state index contributed by atoms with van der Waals surface area (Å²) in [6, 6.07) is 4.62. The highest BCUT2D eigenvalue weighted by Gasteiger charge is 2.30. The first-order valence-electron chi connectivity index (χ1n) is 4.85. The first-order valence-corrected chi connectivity index (χ1v) is 5.97. The molecule has 100 valence electrons. The van der Waals surface area contributed by atoms with E-state index in [0.29, 0.717) is 11.0 Å². The van der Waals surface area contributed by atoms with Gasteiger partial charge < -0.3 is 4.74 Å². The molecule has 0 aromatic heterocycles. The number of hydroxylamine groups is 1. The van der Waals surface area contributed by atoms with E-state index in [-0.39, 0.29) is 5.75 Å². The molecule has 7 heteroatoms. The van der Waals surface area contributed by atoms with Crippen molar-refractivity contribution in [1.82, 2.24) is 5.48 Å². The Hall–Kier alpha value is -1.21. The topological polar surface area (TPSA) is 30.5 Å². The molecule has 1 aromatic carbocycles. The van der Waals surface area contributed by atoms with Crippen LogP contribution in [0.5, 0.6) is 5.75 Å². The van der Waals surface area contributed by atoms with Crippen molar-refractivity contribution in [3.63, 3.8) is 0 Å². The normalized spacial score (nSPS) is 12.4.